The molecule has 0 aliphatic rings. The molecule has 1 amide bonds. The van der Waals surface area contributed by atoms with E-state index in [0.29, 0.717) is 23.2 Å². The molecule has 0 aliphatic carbocycles. The molecule has 7 nitrogen and oxygen atoms in total. The minimum absolute atomic E-state index is 0.190. The molecule has 0 atom stereocenters. The van der Waals surface area contributed by atoms with E-state index in [-0.39, 0.29) is 11.3 Å². The van der Waals surface area contributed by atoms with Crippen molar-refractivity contribution in [1.82, 2.24) is 19.8 Å². The number of nitrogens with one attached hydrogen (secondary N) is 1. The van der Waals surface area contributed by atoms with E-state index >= 15 is 0 Å². The molecule has 0 spiro atoms. The van der Waals surface area contributed by atoms with Crippen molar-refractivity contribution in [2.45, 2.75) is 54.1 Å². The van der Waals surface area contributed by atoms with Crippen LogP contribution in [0.15, 0.2) is 40.2 Å². The molecule has 0 unspecified atom stereocenters. The molecule has 0 saturated heterocycles. The smallest absolute Gasteiger partial charge is 0.292 e. The van der Waals surface area contributed by atoms with E-state index in [0.717, 1.165) is 29.9 Å². The van der Waals surface area contributed by atoms with Crippen molar-refractivity contribution >= 4 is 22.9 Å². The number of hydrogen-bond acceptors (Lipinski definition) is 4. The molecule has 0 aliphatic heterocycles. The average molecular weight is 408 g/mol. The third-order valence-corrected chi connectivity index (χ3v) is 5.05. The van der Waals surface area contributed by atoms with Gasteiger partial charge in [-0.3, -0.25) is 9.59 Å². The fourth-order valence-corrected chi connectivity index (χ4v) is 3.58. The van der Waals surface area contributed by atoms with Crippen molar-refractivity contribution in [1.29, 1.82) is 0 Å². The van der Waals surface area contributed by atoms with Gasteiger partial charge in [0.2, 0.25) is 0 Å². The third kappa shape index (κ3) is 4.35. The Balaban J connectivity index is 1.88. The maximum absolute atomic E-state index is 12.8. The monoisotopic (exact) mass is 407 g/mol. The van der Waals surface area contributed by atoms with E-state index in [2.05, 4.69) is 47.0 Å². The number of carbonyl (C=O) groups excluding carboxylic acids is 1. The van der Waals surface area contributed by atoms with Crippen molar-refractivity contribution in [2.24, 2.45) is 11.0 Å². The highest BCUT2D eigenvalue weighted by molar-refractivity contribution is 6.05. The van der Waals surface area contributed by atoms with Crippen LogP contribution in [0.3, 0.4) is 0 Å². The predicted molar refractivity (Wildman–Crippen MR) is 120 cm³/mol. The molecule has 7 heteroatoms. The topological polar surface area (TPSA) is 81.3 Å². The quantitative estimate of drug-likeness (QED) is 0.479. The molecule has 158 valence electrons. The van der Waals surface area contributed by atoms with E-state index < -0.39 is 5.91 Å². The van der Waals surface area contributed by atoms with Crippen LogP contribution in [0.4, 0.5) is 0 Å². The van der Waals surface area contributed by atoms with Crippen molar-refractivity contribution < 1.29 is 4.79 Å². The highest BCUT2D eigenvalue weighted by atomic mass is 16.2. The molecular weight excluding hydrogens is 378 g/mol. The zero-order valence-electron chi connectivity index (χ0n) is 18.3. The summed E-state index contributed by atoms with van der Waals surface area (Å²) < 4.78 is 3.60. The summed E-state index contributed by atoms with van der Waals surface area (Å²) >= 11 is 0. The molecule has 2 aromatic heterocycles. The highest BCUT2D eigenvalue weighted by Gasteiger charge is 2.16. The van der Waals surface area contributed by atoms with Gasteiger partial charge in [0.25, 0.3) is 11.5 Å². The Labute approximate surface area is 176 Å². The number of hydrazone groups is 1. The van der Waals surface area contributed by atoms with Gasteiger partial charge < -0.3 is 4.57 Å². The Morgan fingerprint density at radius 1 is 1.23 bits per heavy atom. The minimum atomic E-state index is -0.441. The van der Waals surface area contributed by atoms with Crippen LogP contribution in [0.1, 0.15) is 54.6 Å². The maximum atomic E-state index is 12.8. The number of aromatic nitrogens is 3. The van der Waals surface area contributed by atoms with Crippen molar-refractivity contribution in [3.05, 3.63) is 63.3 Å². The molecule has 0 bridgehead atoms. The van der Waals surface area contributed by atoms with Crippen LogP contribution in [-0.2, 0) is 13.1 Å². The van der Waals surface area contributed by atoms with Crippen LogP contribution >= 0.6 is 0 Å². The SMILES string of the molecule is CCCn1nc(C(=O)N/N=C\c2cc(C)n(CC(C)C)c2C)c2ccccc2c1=O. The lowest BCUT2D eigenvalue weighted by Gasteiger charge is -2.11. The fourth-order valence-electron chi connectivity index (χ4n) is 3.58. The molecular formula is C23H29N5O2. The summed E-state index contributed by atoms with van der Waals surface area (Å²) in [5, 5.41) is 9.45. The first-order chi connectivity index (χ1) is 14.3. The molecule has 2 heterocycles. The molecule has 1 aromatic carbocycles. The first-order valence-electron chi connectivity index (χ1n) is 10.3. The van der Waals surface area contributed by atoms with E-state index in [9.17, 15) is 9.59 Å². The molecule has 1 N–H and O–H groups in total. The maximum Gasteiger partial charge on any atom is 0.292 e. The molecule has 3 rings (SSSR count). The standard InChI is InChI=1S/C23H29N5O2/c1-6-11-28-23(30)20-10-8-7-9-19(20)21(26-28)22(29)25-24-13-18-12-16(4)27(17(18)5)14-15(2)3/h7-10,12-13,15H,6,11,14H2,1-5H3,(H,25,29)/b24-13-. The minimum Gasteiger partial charge on any atom is -0.348 e. The van der Waals surface area contributed by atoms with Crippen molar-refractivity contribution in [3.63, 3.8) is 0 Å². The number of carbonyl (C=O) groups is 1. The van der Waals surface area contributed by atoms with Crippen LogP contribution in [0.2, 0.25) is 0 Å². The van der Waals surface area contributed by atoms with Gasteiger partial charge in [0.1, 0.15) is 0 Å². The first kappa shape index (κ1) is 21.5. The molecule has 0 saturated carbocycles. The fraction of sp³-hybridized carbons (Fsp3) is 0.391. The van der Waals surface area contributed by atoms with Crippen LogP contribution < -0.4 is 11.0 Å². The number of aryl methyl sites for hydroxylation is 2. The highest BCUT2D eigenvalue weighted by Crippen LogP contribution is 2.16. The second-order valence-corrected chi connectivity index (χ2v) is 7.95. The summed E-state index contributed by atoms with van der Waals surface area (Å²) in [5.41, 5.74) is 5.81. The van der Waals surface area contributed by atoms with Crippen LogP contribution in [-0.4, -0.2) is 26.5 Å². The van der Waals surface area contributed by atoms with E-state index in [1.807, 2.05) is 13.8 Å². The van der Waals surface area contributed by atoms with Crippen LogP contribution in [0, 0.1) is 19.8 Å². The average Bonchev–Trinajstić information content (AvgIpc) is 2.97. The Kier molecular flexibility index (Phi) is 6.50. The van der Waals surface area contributed by atoms with Crippen LogP contribution in [0.25, 0.3) is 10.8 Å². The molecule has 3 aromatic rings. The number of hydrogen-bond donors (Lipinski definition) is 1. The van der Waals surface area contributed by atoms with Gasteiger partial charge in [-0.25, -0.2) is 10.1 Å². The summed E-state index contributed by atoms with van der Waals surface area (Å²) in [6.45, 7) is 11.8. The van der Waals surface area contributed by atoms with Gasteiger partial charge in [0.05, 0.1) is 11.6 Å². The Morgan fingerprint density at radius 2 is 1.93 bits per heavy atom. The lowest BCUT2D eigenvalue weighted by atomic mass is 10.1. The lowest BCUT2D eigenvalue weighted by molar-refractivity contribution is 0.0949. The number of nitrogens with zero attached hydrogens (tertiary/aromatic N) is 4. The number of fused-ring (bicyclic) bond motifs is 1. The van der Waals surface area contributed by atoms with Gasteiger partial charge in [0, 0.05) is 35.4 Å². The normalized spacial score (nSPS) is 11.7. The summed E-state index contributed by atoms with van der Waals surface area (Å²) in [6, 6.07) is 9.08. The number of benzene rings is 1. The Bertz CT molecular complexity index is 1150. The summed E-state index contributed by atoms with van der Waals surface area (Å²) in [7, 11) is 0. The van der Waals surface area contributed by atoms with Gasteiger partial charge in [0.15, 0.2) is 5.69 Å². The number of amides is 1. The largest absolute Gasteiger partial charge is 0.348 e. The van der Waals surface area contributed by atoms with E-state index in [4.69, 9.17) is 0 Å². The van der Waals surface area contributed by atoms with Gasteiger partial charge in [-0.1, -0.05) is 39.0 Å². The second kappa shape index (κ2) is 9.07. The first-order valence-corrected chi connectivity index (χ1v) is 10.3. The van der Waals surface area contributed by atoms with E-state index in [1.54, 1.807) is 30.5 Å². The molecule has 0 radical (unpaired) electrons. The lowest BCUT2D eigenvalue weighted by Crippen LogP contribution is -2.29. The van der Waals surface area contributed by atoms with Gasteiger partial charge in [-0.05, 0) is 38.3 Å². The van der Waals surface area contributed by atoms with Crippen molar-refractivity contribution in [3.8, 4) is 0 Å². The van der Waals surface area contributed by atoms with E-state index in [1.165, 1.54) is 4.68 Å². The summed E-state index contributed by atoms with van der Waals surface area (Å²) in [4.78, 5) is 25.4. The second-order valence-electron chi connectivity index (χ2n) is 7.95. The van der Waals surface area contributed by atoms with Gasteiger partial charge in [-0.15, -0.1) is 0 Å². The predicted octanol–water partition coefficient (Wildman–Crippen LogP) is 3.64. The Morgan fingerprint density at radius 3 is 2.60 bits per heavy atom. The zero-order valence-corrected chi connectivity index (χ0v) is 18.3. The van der Waals surface area contributed by atoms with Gasteiger partial charge >= 0.3 is 0 Å². The van der Waals surface area contributed by atoms with Crippen LogP contribution in [0.5, 0.6) is 0 Å². The number of rotatable bonds is 7. The zero-order chi connectivity index (χ0) is 21.8. The summed E-state index contributed by atoms with van der Waals surface area (Å²) in [5.74, 6) is 0.0979. The molecule has 30 heavy (non-hydrogen) atoms. The third-order valence-electron chi connectivity index (χ3n) is 5.05. The van der Waals surface area contributed by atoms with Gasteiger partial charge in [-0.2, -0.15) is 10.2 Å². The Hall–Kier alpha value is -3.22. The summed E-state index contributed by atoms with van der Waals surface area (Å²) in [6.07, 6.45) is 2.40. The molecule has 0 fully saturated rings. The van der Waals surface area contributed by atoms with Crippen molar-refractivity contribution in [2.75, 3.05) is 0 Å².